The smallest absolute Gasteiger partial charge is 0.0518 e. The first-order valence-electron chi connectivity index (χ1n) is 6.66. The maximum atomic E-state index is 5.52. The summed E-state index contributed by atoms with van der Waals surface area (Å²) in [6.45, 7) is 8.60. The summed E-state index contributed by atoms with van der Waals surface area (Å²) in [6, 6.07) is 0.741. The van der Waals surface area contributed by atoms with Crippen molar-refractivity contribution in [2.45, 2.75) is 63.9 Å². The Kier molecular flexibility index (Phi) is 7.50. The fraction of sp³-hybridized carbons (Fsp3) is 1.00. The van der Waals surface area contributed by atoms with Gasteiger partial charge in [0.2, 0.25) is 0 Å². The van der Waals surface area contributed by atoms with Gasteiger partial charge in [-0.15, -0.1) is 0 Å². The molecule has 1 fully saturated rings. The molecule has 0 aliphatic carbocycles. The van der Waals surface area contributed by atoms with Crippen molar-refractivity contribution in [2.24, 2.45) is 0 Å². The van der Waals surface area contributed by atoms with Gasteiger partial charge in [-0.1, -0.05) is 6.92 Å². The van der Waals surface area contributed by atoms with Crippen LogP contribution in [-0.2, 0) is 4.74 Å². The molecule has 2 nitrogen and oxygen atoms in total. The number of nitrogens with one attached hydrogen (secondary N) is 1. The van der Waals surface area contributed by atoms with E-state index in [9.17, 15) is 0 Å². The zero-order valence-corrected chi connectivity index (χ0v) is 11.8. The van der Waals surface area contributed by atoms with Gasteiger partial charge in [-0.3, -0.25) is 0 Å². The lowest BCUT2D eigenvalue weighted by molar-refractivity contribution is 0.0759. The Balaban J connectivity index is 1.94. The molecule has 96 valence electrons. The van der Waals surface area contributed by atoms with E-state index in [-0.39, 0.29) is 0 Å². The Morgan fingerprint density at radius 1 is 1.38 bits per heavy atom. The number of rotatable bonds is 7. The third-order valence-electron chi connectivity index (χ3n) is 3.04. The van der Waals surface area contributed by atoms with Gasteiger partial charge >= 0.3 is 0 Å². The van der Waals surface area contributed by atoms with Gasteiger partial charge in [-0.05, 0) is 51.8 Å². The summed E-state index contributed by atoms with van der Waals surface area (Å²) < 4.78 is 5.52. The van der Waals surface area contributed by atoms with Crippen LogP contribution < -0.4 is 5.32 Å². The van der Waals surface area contributed by atoms with Gasteiger partial charge in [-0.2, -0.15) is 11.8 Å². The second-order valence-corrected chi connectivity index (χ2v) is 6.39. The number of ether oxygens (including phenoxy) is 1. The molecular formula is C13H27NOS. The molecule has 0 saturated carbocycles. The van der Waals surface area contributed by atoms with Crippen LogP contribution in [0.4, 0.5) is 0 Å². The molecule has 16 heavy (non-hydrogen) atoms. The summed E-state index contributed by atoms with van der Waals surface area (Å²) in [5.74, 6) is 1.35. The maximum Gasteiger partial charge on any atom is 0.0518 e. The van der Waals surface area contributed by atoms with Crippen molar-refractivity contribution in [3.63, 3.8) is 0 Å². The number of hydrogen-bond acceptors (Lipinski definition) is 3. The molecule has 0 radical (unpaired) electrons. The van der Waals surface area contributed by atoms with Crippen LogP contribution in [0.15, 0.2) is 0 Å². The van der Waals surface area contributed by atoms with Crippen molar-refractivity contribution in [2.75, 3.05) is 18.9 Å². The molecule has 1 N–H and O–H groups in total. The van der Waals surface area contributed by atoms with Crippen LogP contribution in [0.25, 0.3) is 0 Å². The summed E-state index contributed by atoms with van der Waals surface area (Å²) in [7, 11) is 0. The third kappa shape index (κ3) is 6.12. The topological polar surface area (TPSA) is 21.3 Å². The first kappa shape index (κ1) is 14.3. The summed E-state index contributed by atoms with van der Waals surface area (Å²) in [5, 5.41) is 4.48. The molecule has 2 unspecified atom stereocenters. The minimum Gasteiger partial charge on any atom is -0.379 e. The van der Waals surface area contributed by atoms with Gasteiger partial charge < -0.3 is 10.1 Å². The fourth-order valence-corrected chi connectivity index (χ4v) is 3.19. The molecular weight excluding hydrogens is 218 g/mol. The molecule has 1 aliphatic rings. The predicted octanol–water partition coefficient (Wildman–Crippen LogP) is 3.07. The molecule has 3 heteroatoms. The quantitative estimate of drug-likeness (QED) is 0.697. The van der Waals surface area contributed by atoms with E-state index < -0.39 is 0 Å². The normalized spacial score (nSPS) is 26.2. The molecule has 1 rings (SSSR count). The van der Waals surface area contributed by atoms with E-state index in [1.807, 2.05) is 0 Å². The molecule has 1 heterocycles. The minimum atomic E-state index is 0.378. The second-order valence-electron chi connectivity index (χ2n) is 4.91. The van der Waals surface area contributed by atoms with Crippen LogP contribution in [0.5, 0.6) is 0 Å². The zero-order chi connectivity index (χ0) is 11.8. The van der Waals surface area contributed by atoms with Gasteiger partial charge in [0, 0.05) is 17.9 Å². The van der Waals surface area contributed by atoms with Crippen LogP contribution >= 0.6 is 11.8 Å². The standard InChI is InChI=1S/C13H27NOS/c1-11(2)15-9-5-4-8-14-13-7-6-10-16-12(13)3/h11-14H,4-10H2,1-3H3. The lowest BCUT2D eigenvalue weighted by Gasteiger charge is -2.29. The van der Waals surface area contributed by atoms with E-state index >= 15 is 0 Å². The lowest BCUT2D eigenvalue weighted by atomic mass is 10.1. The number of unbranched alkanes of at least 4 members (excludes halogenated alkanes) is 1. The summed E-state index contributed by atoms with van der Waals surface area (Å²) in [5.41, 5.74) is 0. The second kappa shape index (κ2) is 8.37. The summed E-state index contributed by atoms with van der Waals surface area (Å²) in [6.07, 6.45) is 5.53. The van der Waals surface area contributed by atoms with Crippen molar-refractivity contribution in [1.29, 1.82) is 0 Å². The van der Waals surface area contributed by atoms with Crippen LogP contribution in [-0.4, -0.2) is 36.3 Å². The average molecular weight is 245 g/mol. The number of hydrogen-bond donors (Lipinski definition) is 1. The predicted molar refractivity (Wildman–Crippen MR) is 73.3 cm³/mol. The Morgan fingerprint density at radius 2 is 2.19 bits per heavy atom. The highest BCUT2D eigenvalue weighted by molar-refractivity contribution is 7.99. The van der Waals surface area contributed by atoms with Gasteiger partial charge in [0.05, 0.1) is 6.10 Å². The average Bonchev–Trinajstić information content (AvgIpc) is 2.25. The van der Waals surface area contributed by atoms with E-state index in [2.05, 4.69) is 37.8 Å². The molecule has 1 saturated heterocycles. The van der Waals surface area contributed by atoms with Crippen molar-refractivity contribution in [3.8, 4) is 0 Å². The van der Waals surface area contributed by atoms with E-state index in [0.717, 1.165) is 24.4 Å². The monoisotopic (exact) mass is 245 g/mol. The Labute approximate surface area is 105 Å². The molecule has 0 spiro atoms. The van der Waals surface area contributed by atoms with Crippen molar-refractivity contribution < 1.29 is 4.74 Å². The molecule has 1 aliphatic heterocycles. The molecule has 0 aromatic heterocycles. The van der Waals surface area contributed by atoms with Crippen molar-refractivity contribution in [3.05, 3.63) is 0 Å². The highest BCUT2D eigenvalue weighted by Crippen LogP contribution is 2.24. The molecule has 2 atom stereocenters. The SMILES string of the molecule is CC(C)OCCCCNC1CCCSC1C. The lowest BCUT2D eigenvalue weighted by Crippen LogP contribution is -2.39. The third-order valence-corrected chi connectivity index (χ3v) is 4.41. The Hall–Kier alpha value is 0.270. The maximum absolute atomic E-state index is 5.52. The highest BCUT2D eigenvalue weighted by Gasteiger charge is 2.20. The van der Waals surface area contributed by atoms with Gasteiger partial charge in [0.1, 0.15) is 0 Å². The first-order chi connectivity index (χ1) is 7.70. The Morgan fingerprint density at radius 3 is 2.88 bits per heavy atom. The highest BCUT2D eigenvalue weighted by atomic mass is 32.2. The van der Waals surface area contributed by atoms with E-state index in [4.69, 9.17) is 4.74 Å². The van der Waals surface area contributed by atoms with E-state index in [1.165, 1.54) is 31.4 Å². The summed E-state index contributed by atoms with van der Waals surface area (Å²) in [4.78, 5) is 0. The first-order valence-corrected chi connectivity index (χ1v) is 7.71. The van der Waals surface area contributed by atoms with Gasteiger partial charge in [0.15, 0.2) is 0 Å². The molecule has 0 bridgehead atoms. The minimum absolute atomic E-state index is 0.378. The van der Waals surface area contributed by atoms with Gasteiger partial charge in [-0.25, -0.2) is 0 Å². The molecule has 0 aromatic rings. The van der Waals surface area contributed by atoms with E-state index in [1.54, 1.807) is 0 Å². The molecule has 0 aromatic carbocycles. The number of thioether (sulfide) groups is 1. The van der Waals surface area contributed by atoms with Crippen LogP contribution in [0.3, 0.4) is 0 Å². The van der Waals surface area contributed by atoms with Crippen molar-refractivity contribution in [1.82, 2.24) is 5.32 Å². The largest absolute Gasteiger partial charge is 0.379 e. The van der Waals surface area contributed by atoms with Crippen molar-refractivity contribution >= 4 is 11.8 Å². The van der Waals surface area contributed by atoms with Gasteiger partial charge in [0.25, 0.3) is 0 Å². The fourth-order valence-electron chi connectivity index (χ4n) is 2.02. The van der Waals surface area contributed by atoms with Crippen LogP contribution in [0, 0.1) is 0 Å². The van der Waals surface area contributed by atoms with E-state index in [0.29, 0.717) is 6.10 Å². The summed E-state index contributed by atoms with van der Waals surface area (Å²) >= 11 is 2.11. The van der Waals surface area contributed by atoms with Crippen LogP contribution in [0.2, 0.25) is 0 Å². The van der Waals surface area contributed by atoms with Crippen LogP contribution in [0.1, 0.15) is 46.5 Å². The zero-order valence-electron chi connectivity index (χ0n) is 11.0. The molecule has 0 amide bonds. The Bertz CT molecular complexity index is 175.